The van der Waals surface area contributed by atoms with Crippen molar-refractivity contribution in [3.63, 3.8) is 0 Å². The highest BCUT2D eigenvalue weighted by atomic mass is 16.1. The molecule has 1 aromatic carbocycles. The van der Waals surface area contributed by atoms with E-state index in [-0.39, 0.29) is 0 Å². The molecule has 0 N–H and O–H groups in total. The summed E-state index contributed by atoms with van der Waals surface area (Å²) in [5, 5.41) is 0. The highest BCUT2D eigenvalue weighted by Gasteiger charge is 2.32. The lowest BCUT2D eigenvalue weighted by atomic mass is 9.99. The average Bonchev–Trinajstić information content (AvgIpc) is 3.05. The molecule has 3 rings (SSSR count). The van der Waals surface area contributed by atoms with Crippen LogP contribution in [0.4, 0.5) is 5.69 Å². The van der Waals surface area contributed by atoms with E-state index in [4.69, 9.17) is 0 Å². The SMILES string of the molecule is O=CCC1CN(CC2CC2)c2ccccc21. The molecule has 1 aliphatic heterocycles. The number of hydrogen-bond donors (Lipinski definition) is 0. The van der Waals surface area contributed by atoms with E-state index in [1.807, 2.05) is 0 Å². The number of aldehydes is 1. The zero-order chi connectivity index (χ0) is 11.0. The molecule has 1 aromatic rings. The van der Waals surface area contributed by atoms with E-state index >= 15 is 0 Å². The first-order valence-electron chi connectivity index (χ1n) is 6.16. The van der Waals surface area contributed by atoms with Gasteiger partial charge in [0.05, 0.1) is 0 Å². The Morgan fingerprint density at radius 2 is 2.12 bits per heavy atom. The van der Waals surface area contributed by atoms with Crippen molar-refractivity contribution in [3.05, 3.63) is 29.8 Å². The quantitative estimate of drug-likeness (QED) is 0.719. The number of hydrogen-bond acceptors (Lipinski definition) is 2. The zero-order valence-corrected chi connectivity index (χ0v) is 9.43. The van der Waals surface area contributed by atoms with E-state index in [2.05, 4.69) is 29.2 Å². The van der Waals surface area contributed by atoms with Crippen LogP contribution in [-0.4, -0.2) is 19.4 Å². The molecule has 1 unspecified atom stereocenters. The van der Waals surface area contributed by atoms with Gasteiger partial charge in [0, 0.05) is 31.1 Å². The van der Waals surface area contributed by atoms with Gasteiger partial charge in [-0.15, -0.1) is 0 Å². The third-order valence-electron chi connectivity index (χ3n) is 3.71. The average molecular weight is 215 g/mol. The minimum absolute atomic E-state index is 0.424. The van der Waals surface area contributed by atoms with Crippen LogP contribution in [0.25, 0.3) is 0 Å². The number of carbonyl (C=O) groups is 1. The topological polar surface area (TPSA) is 20.3 Å². The Labute approximate surface area is 96.3 Å². The molecule has 1 aliphatic carbocycles. The fourth-order valence-corrected chi connectivity index (χ4v) is 2.69. The lowest BCUT2D eigenvalue weighted by molar-refractivity contribution is -0.108. The summed E-state index contributed by atoms with van der Waals surface area (Å²) >= 11 is 0. The van der Waals surface area contributed by atoms with Gasteiger partial charge in [-0.25, -0.2) is 0 Å². The van der Waals surface area contributed by atoms with Crippen LogP contribution >= 0.6 is 0 Å². The largest absolute Gasteiger partial charge is 0.370 e. The summed E-state index contributed by atoms with van der Waals surface area (Å²) < 4.78 is 0. The lowest BCUT2D eigenvalue weighted by Crippen LogP contribution is -2.24. The lowest BCUT2D eigenvalue weighted by Gasteiger charge is -2.19. The first-order valence-corrected chi connectivity index (χ1v) is 6.16. The van der Waals surface area contributed by atoms with Crippen molar-refractivity contribution >= 4 is 12.0 Å². The van der Waals surface area contributed by atoms with Crippen molar-refractivity contribution in [2.45, 2.75) is 25.2 Å². The van der Waals surface area contributed by atoms with Gasteiger partial charge < -0.3 is 9.69 Å². The van der Waals surface area contributed by atoms with Crippen LogP contribution in [0.1, 0.15) is 30.7 Å². The summed E-state index contributed by atoms with van der Waals surface area (Å²) in [5.74, 6) is 1.33. The van der Waals surface area contributed by atoms with Crippen LogP contribution in [0.2, 0.25) is 0 Å². The molecule has 0 bridgehead atoms. The third kappa shape index (κ3) is 1.73. The first kappa shape index (κ1) is 9.88. The van der Waals surface area contributed by atoms with Crippen molar-refractivity contribution in [2.75, 3.05) is 18.0 Å². The van der Waals surface area contributed by atoms with Gasteiger partial charge in [0.25, 0.3) is 0 Å². The fourth-order valence-electron chi connectivity index (χ4n) is 2.69. The zero-order valence-electron chi connectivity index (χ0n) is 9.43. The summed E-state index contributed by atoms with van der Waals surface area (Å²) in [7, 11) is 0. The van der Waals surface area contributed by atoms with Crippen molar-refractivity contribution in [2.24, 2.45) is 5.92 Å². The predicted molar refractivity (Wildman–Crippen MR) is 64.8 cm³/mol. The van der Waals surface area contributed by atoms with Crippen molar-refractivity contribution in [3.8, 4) is 0 Å². The minimum Gasteiger partial charge on any atom is -0.370 e. The second-order valence-electron chi connectivity index (χ2n) is 5.01. The molecule has 84 valence electrons. The Morgan fingerprint density at radius 1 is 1.31 bits per heavy atom. The van der Waals surface area contributed by atoms with E-state index in [1.165, 1.54) is 30.6 Å². The van der Waals surface area contributed by atoms with Crippen LogP contribution in [0, 0.1) is 5.92 Å². The van der Waals surface area contributed by atoms with E-state index < -0.39 is 0 Å². The number of carbonyl (C=O) groups excluding carboxylic acids is 1. The van der Waals surface area contributed by atoms with E-state index in [0.717, 1.165) is 18.7 Å². The molecule has 1 saturated carbocycles. The number of rotatable bonds is 4. The van der Waals surface area contributed by atoms with Crippen LogP contribution in [0.5, 0.6) is 0 Å². The van der Waals surface area contributed by atoms with E-state index in [1.54, 1.807) is 0 Å². The summed E-state index contributed by atoms with van der Waals surface area (Å²) in [6, 6.07) is 8.55. The Bertz CT molecular complexity index is 397. The van der Waals surface area contributed by atoms with Crippen LogP contribution in [0.15, 0.2) is 24.3 Å². The van der Waals surface area contributed by atoms with Crippen LogP contribution in [0.3, 0.4) is 0 Å². The molecule has 1 fully saturated rings. The van der Waals surface area contributed by atoms with Crippen molar-refractivity contribution in [1.82, 2.24) is 0 Å². The number of benzene rings is 1. The number of anilines is 1. The molecule has 0 saturated heterocycles. The summed E-state index contributed by atoms with van der Waals surface area (Å²) in [5.41, 5.74) is 2.73. The first-order chi connectivity index (χ1) is 7.88. The molecule has 0 amide bonds. The van der Waals surface area contributed by atoms with Crippen molar-refractivity contribution in [1.29, 1.82) is 0 Å². The third-order valence-corrected chi connectivity index (χ3v) is 3.71. The molecule has 2 heteroatoms. The summed E-state index contributed by atoms with van der Waals surface area (Å²) in [6.07, 6.45) is 4.49. The highest BCUT2D eigenvalue weighted by Crippen LogP contribution is 2.40. The normalized spacial score (nSPS) is 23.2. The number of para-hydroxylation sites is 1. The van der Waals surface area contributed by atoms with Gasteiger partial charge in [-0.1, -0.05) is 18.2 Å². The maximum Gasteiger partial charge on any atom is 0.120 e. The second kappa shape index (κ2) is 3.93. The molecular weight excluding hydrogens is 198 g/mol. The maximum atomic E-state index is 10.7. The molecule has 1 atom stereocenters. The van der Waals surface area contributed by atoms with Gasteiger partial charge in [-0.05, 0) is 30.4 Å². The summed E-state index contributed by atoms with van der Waals surface area (Å²) in [4.78, 5) is 13.2. The Kier molecular flexibility index (Phi) is 2.43. The van der Waals surface area contributed by atoms with Crippen LogP contribution < -0.4 is 4.90 Å². The van der Waals surface area contributed by atoms with Gasteiger partial charge >= 0.3 is 0 Å². The number of nitrogens with zero attached hydrogens (tertiary/aromatic N) is 1. The monoisotopic (exact) mass is 215 g/mol. The highest BCUT2D eigenvalue weighted by molar-refractivity contribution is 5.63. The van der Waals surface area contributed by atoms with Gasteiger partial charge in [-0.3, -0.25) is 0 Å². The maximum absolute atomic E-state index is 10.7. The van der Waals surface area contributed by atoms with E-state index in [0.29, 0.717) is 12.3 Å². The van der Waals surface area contributed by atoms with Gasteiger partial charge in [-0.2, -0.15) is 0 Å². The van der Waals surface area contributed by atoms with Crippen molar-refractivity contribution < 1.29 is 4.79 Å². The molecule has 0 radical (unpaired) electrons. The van der Waals surface area contributed by atoms with Gasteiger partial charge in [0.15, 0.2) is 0 Å². The number of fused-ring (bicyclic) bond motifs is 1. The Morgan fingerprint density at radius 3 is 2.88 bits per heavy atom. The van der Waals surface area contributed by atoms with Crippen LogP contribution in [-0.2, 0) is 4.79 Å². The van der Waals surface area contributed by atoms with E-state index in [9.17, 15) is 4.79 Å². The Hall–Kier alpha value is -1.31. The molecule has 2 aliphatic rings. The van der Waals surface area contributed by atoms with Gasteiger partial charge in [0.1, 0.15) is 6.29 Å². The fraction of sp³-hybridized carbons (Fsp3) is 0.500. The molecule has 2 nitrogen and oxygen atoms in total. The van der Waals surface area contributed by atoms with Gasteiger partial charge in [0.2, 0.25) is 0 Å². The predicted octanol–water partition coefficient (Wildman–Crippen LogP) is 2.59. The second-order valence-corrected chi connectivity index (χ2v) is 5.01. The molecule has 16 heavy (non-hydrogen) atoms. The minimum atomic E-state index is 0.424. The molecule has 1 heterocycles. The molecule has 0 aromatic heterocycles. The Balaban J connectivity index is 1.85. The standard InChI is InChI=1S/C14H17NO/c16-8-7-12-10-15(9-11-5-6-11)14-4-2-1-3-13(12)14/h1-4,8,11-12H,5-7,9-10H2. The summed E-state index contributed by atoms with van der Waals surface area (Å²) in [6.45, 7) is 2.22. The smallest absolute Gasteiger partial charge is 0.120 e. The molecule has 0 spiro atoms. The molecular formula is C14H17NO.